The summed E-state index contributed by atoms with van der Waals surface area (Å²) in [6.07, 6.45) is 1.51. The molecule has 0 unspecified atom stereocenters. The molecule has 0 atom stereocenters. The van der Waals surface area contributed by atoms with Crippen LogP contribution in [0, 0.1) is 35.7 Å². The van der Waals surface area contributed by atoms with E-state index in [0.29, 0.717) is 34.8 Å². The van der Waals surface area contributed by atoms with Gasteiger partial charge in [0.05, 0.1) is 24.7 Å². The first-order valence-corrected chi connectivity index (χ1v) is 12.3. The van der Waals surface area contributed by atoms with Gasteiger partial charge in [0.15, 0.2) is 11.6 Å². The Morgan fingerprint density at radius 1 is 0.975 bits per heavy atom. The maximum Gasteiger partial charge on any atom is 0.290 e. The van der Waals surface area contributed by atoms with Crippen LogP contribution in [-0.4, -0.2) is 25.6 Å². The molecule has 2 aromatic heterocycles. The quantitative estimate of drug-likeness (QED) is 0.240. The van der Waals surface area contributed by atoms with E-state index in [4.69, 9.17) is 9.68 Å². The molecule has 0 saturated carbocycles. The number of furan rings is 1. The first-order chi connectivity index (χ1) is 19.3. The third-order valence-corrected chi connectivity index (χ3v) is 6.39. The number of aryl methyl sites for hydroxylation is 1. The van der Waals surface area contributed by atoms with E-state index >= 15 is 0 Å². The van der Waals surface area contributed by atoms with Crippen LogP contribution in [0.5, 0.6) is 0 Å². The van der Waals surface area contributed by atoms with Crippen molar-refractivity contribution in [2.24, 2.45) is 0 Å². The Bertz CT molecular complexity index is 1720. The summed E-state index contributed by atoms with van der Waals surface area (Å²) in [7, 11) is 0. The largest absolute Gasteiger partial charge is 0.451 e. The topological polar surface area (TPSA) is 88.0 Å². The minimum absolute atomic E-state index is 0.0161. The fourth-order valence-electron chi connectivity index (χ4n) is 4.20. The van der Waals surface area contributed by atoms with E-state index in [-0.39, 0.29) is 30.2 Å². The number of hydrogen-bond donors (Lipinski definition) is 0. The number of carbonyl (C=O) groups is 1. The van der Waals surface area contributed by atoms with Crippen molar-refractivity contribution in [1.29, 1.82) is 5.26 Å². The highest BCUT2D eigenvalue weighted by Crippen LogP contribution is 2.26. The van der Waals surface area contributed by atoms with Crippen LogP contribution < -0.4 is 0 Å². The zero-order valence-electron chi connectivity index (χ0n) is 21.3. The normalized spacial score (nSPS) is 10.9. The van der Waals surface area contributed by atoms with E-state index in [2.05, 4.69) is 16.3 Å². The SMILES string of the molecule is Cc1cc(-c2ccc(C(=O)N(Cc3ccc(F)cc3F)Cc3nncn3Cc3ccc(C#N)cc3)o2)ccc1F. The summed E-state index contributed by atoms with van der Waals surface area (Å²) in [5.74, 6) is -1.67. The predicted molar refractivity (Wildman–Crippen MR) is 139 cm³/mol. The van der Waals surface area contributed by atoms with Gasteiger partial charge in [-0.05, 0) is 66.6 Å². The number of aromatic nitrogens is 3. The lowest BCUT2D eigenvalue weighted by atomic mass is 10.1. The fraction of sp³-hybridized carbons (Fsp3) is 0.133. The molecule has 0 fully saturated rings. The summed E-state index contributed by atoms with van der Waals surface area (Å²) in [5.41, 5.74) is 2.54. The standard InChI is InChI=1S/C30H22F3N5O2/c1-19-12-22(7-9-25(19)32)27-10-11-28(40-27)30(39)37(16-23-6-8-24(31)13-26(23)33)17-29-36-35-18-38(29)15-21-4-2-20(14-34)3-5-21/h2-13,18H,15-17H2,1H3. The van der Waals surface area contributed by atoms with Crippen LogP contribution in [0.2, 0.25) is 0 Å². The zero-order chi connectivity index (χ0) is 28.2. The summed E-state index contributed by atoms with van der Waals surface area (Å²) in [4.78, 5) is 15.0. The second-order valence-corrected chi connectivity index (χ2v) is 9.21. The Balaban J connectivity index is 1.44. The number of halogens is 3. The second kappa shape index (κ2) is 11.3. The van der Waals surface area contributed by atoms with Crippen LogP contribution in [-0.2, 0) is 19.6 Å². The molecule has 0 spiro atoms. The van der Waals surface area contributed by atoms with Crippen molar-refractivity contribution in [2.45, 2.75) is 26.6 Å². The first-order valence-electron chi connectivity index (χ1n) is 12.3. The summed E-state index contributed by atoms with van der Waals surface area (Å²) < 4.78 is 49.4. The van der Waals surface area contributed by atoms with E-state index in [1.165, 1.54) is 29.4 Å². The molecule has 0 aliphatic heterocycles. The highest BCUT2D eigenvalue weighted by molar-refractivity contribution is 5.92. The predicted octanol–water partition coefficient (Wildman–Crippen LogP) is 6.03. The molecule has 5 rings (SSSR count). The fourth-order valence-corrected chi connectivity index (χ4v) is 4.20. The molecule has 2 heterocycles. The summed E-state index contributed by atoms with van der Waals surface area (Å²) in [5, 5.41) is 17.2. The maximum atomic E-state index is 14.6. The number of hydrogen-bond acceptors (Lipinski definition) is 5. The highest BCUT2D eigenvalue weighted by atomic mass is 19.1. The molecule has 3 aromatic carbocycles. The van der Waals surface area contributed by atoms with Crippen molar-refractivity contribution in [3.63, 3.8) is 0 Å². The second-order valence-electron chi connectivity index (χ2n) is 9.21. The summed E-state index contributed by atoms with van der Waals surface area (Å²) in [6, 6.07) is 19.8. The number of carbonyl (C=O) groups excluding carboxylic acids is 1. The van der Waals surface area contributed by atoms with Crippen LogP contribution >= 0.6 is 0 Å². The highest BCUT2D eigenvalue weighted by Gasteiger charge is 2.24. The minimum Gasteiger partial charge on any atom is -0.451 e. The van der Waals surface area contributed by atoms with Gasteiger partial charge in [0.2, 0.25) is 0 Å². The third-order valence-electron chi connectivity index (χ3n) is 6.39. The molecule has 0 N–H and O–H groups in total. The lowest BCUT2D eigenvalue weighted by molar-refractivity contribution is 0.0690. The van der Waals surface area contributed by atoms with Crippen molar-refractivity contribution in [1.82, 2.24) is 19.7 Å². The van der Waals surface area contributed by atoms with Crippen LogP contribution in [0.3, 0.4) is 0 Å². The molecule has 5 aromatic rings. The van der Waals surface area contributed by atoms with Crippen LogP contribution in [0.15, 0.2) is 83.5 Å². The summed E-state index contributed by atoms with van der Waals surface area (Å²) in [6.45, 7) is 1.74. The molecule has 0 radical (unpaired) electrons. The van der Waals surface area contributed by atoms with Gasteiger partial charge >= 0.3 is 0 Å². The molecule has 10 heteroatoms. The van der Waals surface area contributed by atoms with Gasteiger partial charge in [-0.1, -0.05) is 18.2 Å². The van der Waals surface area contributed by atoms with Gasteiger partial charge in [0.1, 0.15) is 29.5 Å². The van der Waals surface area contributed by atoms with Crippen molar-refractivity contribution >= 4 is 5.91 Å². The maximum absolute atomic E-state index is 14.6. The van der Waals surface area contributed by atoms with Crippen LogP contribution in [0.1, 0.15) is 38.6 Å². The van der Waals surface area contributed by atoms with E-state index in [0.717, 1.165) is 17.7 Å². The number of amides is 1. The monoisotopic (exact) mass is 541 g/mol. The Morgan fingerprint density at radius 2 is 1.77 bits per heavy atom. The lowest BCUT2D eigenvalue weighted by Gasteiger charge is -2.22. The van der Waals surface area contributed by atoms with Crippen molar-refractivity contribution in [3.8, 4) is 17.4 Å². The molecule has 0 aliphatic rings. The lowest BCUT2D eigenvalue weighted by Crippen LogP contribution is -2.31. The molecule has 200 valence electrons. The van der Waals surface area contributed by atoms with Gasteiger partial charge in [0.25, 0.3) is 5.91 Å². The van der Waals surface area contributed by atoms with Crippen molar-refractivity contribution in [2.75, 3.05) is 0 Å². The summed E-state index contributed by atoms with van der Waals surface area (Å²) >= 11 is 0. The Kier molecular flexibility index (Phi) is 7.46. The molecule has 0 aliphatic carbocycles. The van der Waals surface area contributed by atoms with E-state index in [1.807, 2.05) is 0 Å². The van der Waals surface area contributed by atoms with Crippen LogP contribution in [0.4, 0.5) is 13.2 Å². The number of rotatable bonds is 8. The molecule has 1 amide bonds. The number of nitriles is 1. The average Bonchev–Trinajstić information content (AvgIpc) is 3.61. The van der Waals surface area contributed by atoms with Gasteiger partial charge in [-0.3, -0.25) is 4.79 Å². The smallest absolute Gasteiger partial charge is 0.290 e. The number of nitrogens with zero attached hydrogens (tertiary/aromatic N) is 5. The molecule has 0 saturated heterocycles. The van der Waals surface area contributed by atoms with Gasteiger partial charge in [-0.25, -0.2) is 13.2 Å². The Morgan fingerprint density at radius 3 is 2.50 bits per heavy atom. The van der Waals surface area contributed by atoms with Crippen LogP contribution in [0.25, 0.3) is 11.3 Å². The molecule has 7 nitrogen and oxygen atoms in total. The average molecular weight is 542 g/mol. The molecule has 0 bridgehead atoms. The molecular weight excluding hydrogens is 519 g/mol. The van der Waals surface area contributed by atoms with Gasteiger partial charge < -0.3 is 13.9 Å². The van der Waals surface area contributed by atoms with Crippen molar-refractivity contribution in [3.05, 3.63) is 130 Å². The first kappa shape index (κ1) is 26.4. The van der Waals surface area contributed by atoms with Crippen molar-refractivity contribution < 1.29 is 22.4 Å². The Labute approximate surface area is 227 Å². The number of benzene rings is 3. The Hall–Kier alpha value is -5.17. The van der Waals surface area contributed by atoms with Gasteiger partial charge in [-0.2, -0.15) is 5.26 Å². The molecular formula is C30H22F3N5O2. The van der Waals surface area contributed by atoms with Gasteiger partial charge in [0, 0.05) is 23.7 Å². The van der Waals surface area contributed by atoms with E-state index < -0.39 is 17.5 Å². The molecule has 40 heavy (non-hydrogen) atoms. The van der Waals surface area contributed by atoms with E-state index in [1.54, 1.807) is 54.0 Å². The third kappa shape index (κ3) is 5.78. The zero-order valence-corrected chi connectivity index (χ0v) is 21.3. The van der Waals surface area contributed by atoms with E-state index in [9.17, 15) is 18.0 Å². The van der Waals surface area contributed by atoms with Gasteiger partial charge in [-0.15, -0.1) is 10.2 Å². The minimum atomic E-state index is -0.793.